The van der Waals surface area contributed by atoms with Gasteiger partial charge in [0.2, 0.25) is 5.91 Å². The van der Waals surface area contributed by atoms with Gasteiger partial charge in [-0.05, 0) is 38.1 Å². The van der Waals surface area contributed by atoms with E-state index in [2.05, 4.69) is 5.32 Å². The lowest BCUT2D eigenvalue weighted by atomic mass is 10.1. The van der Waals surface area contributed by atoms with Crippen LogP contribution in [-0.2, 0) is 4.79 Å². The number of hydrogen-bond acceptors (Lipinski definition) is 4. The van der Waals surface area contributed by atoms with Gasteiger partial charge in [0.1, 0.15) is 0 Å². The largest absolute Gasteiger partial charge is 0.387 e. The molecule has 1 atom stereocenters. The molecular formula is C16H23N3O2. The fourth-order valence-corrected chi connectivity index (χ4v) is 2.01. The maximum absolute atomic E-state index is 11.8. The van der Waals surface area contributed by atoms with Crippen molar-refractivity contribution in [1.82, 2.24) is 10.2 Å². The van der Waals surface area contributed by atoms with Gasteiger partial charge >= 0.3 is 0 Å². The second-order valence-corrected chi connectivity index (χ2v) is 5.30. The Hall–Kier alpha value is -1.90. The van der Waals surface area contributed by atoms with E-state index in [1.54, 1.807) is 24.3 Å². The zero-order valence-corrected chi connectivity index (χ0v) is 12.8. The van der Waals surface area contributed by atoms with E-state index in [1.165, 1.54) is 0 Å². The molecule has 1 unspecified atom stereocenters. The van der Waals surface area contributed by atoms with Gasteiger partial charge in [0.15, 0.2) is 0 Å². The van der Waals surface area contributed by atoms with Gasteiger partial charge in [0.25, 0.3) is 0 Å². The third-order valence-corrected chi connectivity index (χ3v) is 3.12. The van der Waals surface area contributed by atoms with Crippen LogP contribution in [-0.4, -0.2) is 41.6 Å². The number of aliphatic hydroxyl groups excluding tert-OH is 1. The van der Waals surface area contributed by atoms with Gasteiger partial charge in [-0.2, -0.15) is 5.26 Å². The molecule has 1 rings (SSSR count). The lowest BCUT2D eigenvalue weighted by Gasteiger charge is -2.23. The van der Waals surface area contributed by atoms with Gasteiger partial charge in [-0.3, -0.25) is 9.69 Å². The Morgan fingerprint density at radius 3 is 2.48 bits per heavy atom. The van der Waals surface area contributed by atoms with Crippen LogP contribution in [0.5, 0.6) is 0 Å². The Bertz CT molecular complexity index is 491. The first-order valence-electron chi connectivity index (χ1n) is 7.16. The van der Waals surface area contributed by atoms with Crippen LogP contribution >= 0.6 is 0 Å². The van der Waals surface area contributed by atoms with Crippen molar-refractivity contribution in [2.75, 3.05) is 19.6 Å². The molecule has 0 heterocycles. The van der Waals surface area contributed by atoms with Crippen LogP contribution in [0.3, 0.4) is 0 Å². The van der Waals surface area contributed by atoms with Crippen LogP contribution in [0.4, 0.5) is 0 Å². The maximum atomic E-state index is 11.8. The summed E-state index contributed by atoms with van der Waals surface area (Å²) < 4.78 is 0. The summed E-state index contributed by atoms with van der Waals surface area (Å²) >= 11 is 0. The smallest absolute Gasteiger partial charge is 0.234 e. The fourth-order valence-electron chi connectivity index (χ4n) is 2.01. The number of aliphatic hydroxyl groups is 1. The summed E-state index contributed by atoms with van der Waals surface area (Å²) in [5.41, 5.74) is 1.31. The summed E-state index contributed by atoms with van der Waals surface area (Å²) in [6.07, 6.45) is -0.676. The molecule has 0 radical (unpaired) electrons. The lowest BCUT2D eigenvalue weighted by molar-refractivity contribution is -0.123. The van der Waals surface area contributed by atoms with E-state index in [9.17, 15) is 9.90 Å². The first-order valence-corrected chi connectivity index (χ1v) is 7.16. The predicted molar refractivity (Wildman–Crippen MR) is 81.5 cm³/mol. The summed E-state index contributed by atoms with van der Waals surface area (Å²) in [7, 11) is 0. The molecule has 0 fully saturated rings. The van der Waals surface area contributed by atoms with Crippen LogP contribution in [0.2, 0.25) is 0 Å². The van der Waals surface area contributed by atoms with E-state index >= 15 is 0 Å². The van der Waals surface area contributed by atoms with Gasteiger partial charge in [-0.25, -0.2) is 0 Å². The van der Waals surface area contributed by atoms with Gasteiger partial charge in [-0.15, -0.1) is 0 Å². The molecule has 2 N–H and O–H groups in total. The fraction of sp³-hybridized carbons (Fsp3) is 0.500. The number of hydrogen-bond donors (Lipinski definition) is 2. The molecule has 114 valence electrons. The summed E-state index contributed by atoms with van der Waals surface area (Å²) in [5, 5.41) is 21.8. The number of rotatable bonds is 7. The first kappa shape index (κ1) is 17.2. The summed E-state index contributed by atoms with van der Waals surface area (Å²) in [6.45, 7) is 7.11. The minimum Gasteiger partial charge on any atom is -0.387 e. The van der Waals surface area contributed by atoms with Crippen molar-refractivity contribution < 1.29 is 9.90 Å². The molecule has 0 aliphatic rings. The molecule has 5 nitrogen and oxygen atoms in total. The summed E-state index contributed by atoms with van der Waals surface area (Å²) in [5.74, 6) is -0.0427. The molecular weight excluding hydrogens is 266 g/mol. The number of nitriles is 1. The minimum absolute atomic E-state index is 0.0427. The van der Waals surface area contributed by atoms with Crippen molar-refractivity contribution in [3.05, 3.63) is 35.4 Å². The second-order valence-electron chi connectivity index (χ2n) is 5.30. The van der Waals surface area contributed by atoms with Crippen LogP contribution in [0.1, 0.15) is 38.0 Å². The third kappa shape index (κ3) is 5.94. The number of benzene rings is 1. The zero-order valence-electron chi connectivity index (χ0n) is 12.8. The number of nitrogens with zero attached hydrogens (tertiary/aromatic N) is 2. The molecule has 5 heteroatoms. The lowest BCUT2D eigenvalue weighted by Crippen LogP contribution is -2.41. The predicted octanol–water partition coefficient (Wildman–Crippen LogP) is 1.44. The molecule has 1 amide bonds. The molecule has 0 saturated heterocycles. The van der Waals surface area contributed by atoms with E-state index in [1.807, 2.05) is 31.7 Å². The van der Waals surface area contributed by atoms with Crippen molar-refractivity contribution >= 4 is 5.91 Å². The van der Waals surface area contributed by atoms with Crippen LogP contribution in [0.25, 0.3) is 0 Å². The molecule has 0 saturated carbocycles. The molecule has 1 aromatic carbocycles. The Morgan fingerprint density at radius 2 is 2.00 bits per heavy atom. The van der Waals surface area contributed by atoms with E-state index in [-0.39, 0.29) is 18.5 Å². The molecule has 0 bridgehead atoms. The highest BCUT2D eigenvalue weighted by Gasteiger charge is 2.15. The average molecular weight is 289 g/mol. The summed E-state index contributed by atoms with van der Waals surface area (Å²) in [6, 6.07) is 9.00. The SMILES string of the molecule is CCN(CC(=O)NC(C)C)CC(O)c1ccc(C#N)cc1. The highest BCUT2D eigenvalue weighted by atomic mass is 16.3. The molecule has 0 aliphatic carbocycles. The van der Waals surface area contributed by atoms with Crippen molar-refractivity contribution in [1.29, 1.82) is 5.26 Å². The number of nitrogens with one attached hydrogen (secondary N) is 1. The van der Waals surface area contributed by atoms with Crippen molar-refractivity contribution in [2.45, 2.75) is 32.9 Å². The monoisotopic (exact) mass is 289 g/mol. The first-order chi connectivity index (χ1) is 9.96. The number of carbonyl (C=O) groups excluding carboxylic acids is 1. The van der Waals surface area contributed by atoms with Gasteiger partial charge in [0.05, 0.1) is 24.3 Å². The van der Waals surface area contributed by atoms with Crippen molar-refractivity contribution in [3.8, 4) is 6.07 Å². The Morgan fingerprint density at radius 1 is 1.38 bits per heavy atom. The maximum Gasteiger partial charge on any atom is 0.234 e. The molecule has 0 aliphatic heterocycles. The number of amides is 1. The Kier molecular flexibility index (Phi) is 6.86. The standard InChI is InChI=1S/C16H23N3O2/c1-4-19(11-16(21)18-12(2)3)10-15(20)14-7-5-13(9-17)6-8-14/h5-8,12,15,20H,4,10-11H2,1-3H3,(H,18,21). The van der Waals surface area contributed by atoms with E-state index in [0.29, 0.717) is 18.7 Å². The summed E-state index contributed by atoms with van der Waals surface area (Å²) in [4.78, 5) is 13.6. The molecule has 21 heavy (non-hydrogen) atoms. The third-order valence-electron chi connectivity index (χ3n) is 3.12. The van der Waals surface area contributed by atoms with Crippen LogP contribution < -0.4 is 5.32 Å². The Balaban J connectivity index is 2.59. The Labute approximate surface area is 126 Å². The second kappa shape index (κ2) is 8.40. The number of likely N-dealkylation sites (N-methyl/N-ethyl adjacent to an activating group) is 1. The van der Waals surface area contributed by atoms with Crippen LogP contribution in [0.15, 0.2) is 24.3 Å². The van der Waals surface area contributed by atoms with E-state index in [0.717, 1.165) is 5.56 Å². The van der Waals surface area contributed by atoms with Crippen molar-refractivity contribution in [2.24, 2.45) is 0 Å². The van der Waals surface area contributed by atoms with Gasteiger partial charge < -0.3 is 10.4 Å². The molecule has 0 aromatic heterocycles. The zero-order chi connectivity index (χ0) is 15.8. The highest BCUT2D eigenvalue weighted by molar-refractivity contribution is 5.78. The molecule has 1 aromatic rings. The quantitative estimate of drug-likeness (QED) is 0.796. The number of carbonyl (C=O) groups is 1. The highest BCUT2D eigenvalue weighted by Crippen LogP contribution is 2.15. The van der Waals surface area contributed by atoms with Gasteiger partial charge in [-0.1, -0.05) is 19.1 Å². The van der Waals surface area contributed by atoms with Crippen molar-refractivity contribution in [3.63, 3.8) is 0 Å². The topological polar surface area (TPSA) is 76.4 Å². The molecule has 0 spiro atoms. The normalized spacial score (nSPS) is 12.2. The van der Waals surface area contributed by atoms with E-state index < -0.39 is 6.10 Å². The van der Waals surface area contributed by atoms with E-state index in [4.69, 9.17) is 5.26 Å². The van der Waals surface area contributed by atoms with Gasteiger partial charge in [0, 0.05) is 12.6 Å². The van der Waals surface area contributed by atoms with Crippen LogP contribution in [0, 0.1) is 11.3 Å². The minimum atomic E-state index is -0.676. The average Bonchev–Trinajstić information content (AvgIpc) is 2.45.